The summed E-state index contributed by atoms with van der Waals surface area (Å²) in [6.07, 6.45) is -0.869. The van der Waals surface area contributed by atoms with Gasteiger partial charge in [0.05, 0.1) is 5.69 Å². The summed E-state index contributed by atoms with van der Waals surface area (Å²) in [6.45, 7) is 4.00. The van der Waals surface area contributed by atoms with Crippen molar-refractivity contribution in [3.8, 4) is 11.5 Å². The number of rotatable bonds is 1. The van der Waals surface area contributed by atoms with Crippen molar-refractivity contribution in [3.63, 3.8) is 0 Å². The van der Waals surface area contributed by atoms with Crippen LogP contribution in [0.25, 0.3) is 0 Å². The molecule has 3 rings (SSSR count). The van der Waals surface area contributed by atoms with E-state index in [0.717, 1.165) is 31.9 Å². The van der Waals surface area contributed by atoms with Gasteiger partial charge < -0.3 is 24.8 Å². The Morgan fingerprint density at radius 2 is 2.12 bits per heavy atom. The average molecular weight is 236 g/mol. The summed E-state index contributed by atoms with van der Waals surface area (Å²) in [4.78, 5) is 2.25. The van der Waals surface area contributed by atoms with E-state index in [0.29, 0.717) is 11.5 Å². The predicted octanol–water partition coefficient (Wildman–Crippen LogP) is 0.186. The second-order valence-electron chi connectivity index (χ2n) is 4.22. The van der Waals surface area contributed by atoms with E-state index in [2.05, 4.69) is 10.2 Å². The lowest BCUT2D eigenvalue weighted by Crippen LogP contribution is -2.44. The molecule has 2 N–H and O–H groups in total. The van der Waals surface area contributed by atoms with Crippen molar-refractivity contribution in [1.29, 1.82) is 0 Å². The van der Waals surface area contributed by atoms with Crippen molar-refractivity contribution in [2.45, 2.75) is 6.29 Å². The van der Waals surface area contributed by atoms with Crippen LogP contribution in [0.4, 0.5) is 5.69 Å². The monoisotopic (exact) mass is 236 g/mol. The molecule has 0 spiro atoms. The molecule has 2 heterocycles. The fourth-order valence-electron chi connectivity index (χ4n) is 2.22. The van der Waals surface area contributed by atoms with Gasteiger partial charge in [-0.2, -0.15) is 0 Å². The van der Waals surface area contributed by atoms with Gasteiger partial charge >= 0.3 is 0 Å². The van der Waals surface area contributed by atoms with E-state index in [4.69, 9.17) is 9.47 Å². The van der Waals surface area contributed by atoms with Crippen LogP contribution in [0, 0.1) is 0 Å². The van der Waals surface area contributed by atoms with Crippen LogP contribution >= 0.6 is 0 Å². The summed E-state index contributed by atoms with van der Waals surface area (Å²) >= 11 is 0. The SMILES string of the molecule is OC1COc2cccc(N3CCNCC3)c2O1. The van der Waals surface area contributed by atoms with Crippen molar-refractivity contribution in [3.05, 3.63) is 18.2 Å². The normalized spacial score (nSPS) is 23.6. The fourth-order valence-corrected chi connectivity index (χ4v) is 2.22. The minimum absolute atomic E-state index is 0.192. The quantitative estimate of drug-likeness (QED) is 0.729. The van der Waals surface area contributed by atoms with Gasteiger partial charge in [0.1, 0.15) is 0 Å². The van der Waals surface area contributed by atoms with Crippen LogP contribution in [-0.2, 0) is 0 Å². The molecule has 0 saturated carbocycles. The number of para-hydroxylation sites is 1. The molecule has 0 radical (unpaired) electrons. The number of hydrogen-bond acceptors (Lipinski definition) is 5. The Hall–Kier alpha value is -1.46. The van der Waals surface area contributed by atoms with E-state index in [1.54, 1.807) is 0 Å². The van der Waals surface area contributed by atoms with Gasteiger partial charge in [-0.1, -0.05) is 6.07 Å². The first kappa shape index (κ1) is 10.7. The summed E-state index contributed by atoms with van der Waals surface area (Å²) in [7, 11) is 0. The Kier molecular flexibility index (Phi) is 2.78. The average Bonchev–Trinajstić information content (AvgIpc) is 2.39. The van der Waals surface area contributed by atoms with Crippen LogP contribution < -0.4 is 19.7 Å². The van der Waals surface area contributed by atoms with Crippen molar-refractivity contribution >= 4 is 5.69 Å². The van der Waals surface area contributed by atoms with Gasteiger partial charge in [0.2, 0.25) is 6.29 Å². The molecule has 0 aromatic heterocycles. The third kappa shape index (κ3) is 2.03. The van der Waals surface area contributed by atoms with E-state index >= 15 is 0 Å². The first-order chi connectivity index (χ1) is 8.34. The van der Waals surface area contributed by atoms with E-state index in [-0.39, 0.29) is 6.61 Å². The molecule has 1 saturated heterocycles. The van der Waals surface area contributed by atoms with Crippen LogP contribution in [0.2, 0.25) is 0 Å². The third-order valence-corrected chi connectivity index (χ3v) is 3.05. The molecule has 0 amide bonds. The molecule has 92 valence electrons. The molecule has 1 atom stereocenters. The lowest BCUT2D eigenvalue weighted by molar-refractivity contribution is -0.0666. The molecule has 1 aromatic carbocycles. The molecule has 2 aliphatic heterocycles. The molecule has 1 unspecified atom stereocenters. The second-order valence-corrected chi connectivity index (χ2v) is 4.22. The maximum Gasteiger partial charge on any atom is 0.232 e. The topological polar surface area (TPSA) is 54.0 Å². The van der Waals surface area contributed by atoms with E-state index in [1.165, 1.54) is 0 Å². The molecule has 17 heavy (non-hydrogen) atoms. The van der Waals surface area contributed by atoms with Crippen molar-refractivity contribution in [2.75, 3.05) is 37.7 Å². The number of aliphatic hydroxyl groups excluding tert-OH is 1. The van der Waals surface area contributed by atoms with Crippen LogP contribution in [0.5, 0.6) is 11.5 Å². The molecule has 0 aliphatic carbocycles. The number of nitrogens with one attached hydrogen (secondary N) is 1. The van der Waals surface area contributed by atoms with E-state index < -0.39 is 6.29 Å². The predicted molar refractivity (Wildman–Crippen MR) is 63.7 cm³/mol. The minimum Gasteiger partial charge on any atom is -0.483 e. The summed E-state index contributed by atoms with van der Waals surface area (Å²) in [5.74, 6) is 1.37. The molecule has 2 aliphatic rings. The smallest absolute Gasteiger partial charge is 0.232 e. The number of aliphatic hydroxyl groups is 1. The summed E-state index contributed by atoms with van der Waals surface area (Å²) in [5.41, 5.74) is 1.00. The van der Waals surface area contributed by atoms with E-state index in [9.17, 15) is 5.11 Å². The number of hydrogen-bond donors (Lipinski definition) is 2. The summed E-state index contributed by atoms with van der Waals surface area (Å²) in [5, 5.41) is 12.8. The van der Waals surface area contributed by atoms with Gasteiger partial charge in [-0.15, -0.1) is 0 Å². The first-order valence-electron chi connectivity index (χ1n) is 5.91. The van der Waals surface area contributed by atoms with Gasteiger partial charge in [-0.25, -0.2) is 0 Å². The number of nitrogens with zero attached hydrogens (tertiary/aromatic N) is 1. The lowest BCUT2D eigenvalue weighted by atomic mass is 10.2. The van der Waals surface area contributed by atoms with Crippen molar-refractivity contribution in [2.24, 2.45) is 0 Å². The maximum atomic E-state index is 9.50. The Balaban J connectivity index is 1.93. The standard InChI is InChI=1S/C12H16N2O3/c15-11-8-16-10-3-1-2-9(12(10)17-11)14-6-4-13-5-7-14/h1-3,11,13,15H,4-8H2. The van der Waals surface area contributed by atoms with Crippen LogP contribution in [0.1, 0.15) is 0 Å². The Labute approximate surface area is 99.9 Å². The number of anilines is 1. The highest BCUT2D eigenvalue weighted by atomic mass is 16.7. The molecule has 0 bridgehead atoms. The summed E-state index contributed by atoms with van der Waals surface area (Å²) < 4.78 is 10.9. The maximum absolute atomic E-state index is 9.50. The zero-order chi connectivity index (χ0) is 11.7. The van der Waals surface area contributed by atoms with Gasteiger partial charge in [-0.3, -0.25) is 0 Å². The largest absolute Gasteiger partial charge is 0.483 e. The molecular formula is C12H16N2O3. The number of ether oxygens (including phenoxy) is 2. The third-order valence-electron chi connectivity index (χ3n) is 3.05. The van der Waals surface area contributed by atoms with Crippen LogP contribution in [0.15, 0.2) is 18.2 Å². The first-order valence-corrected chi connectivity index (χ1v) is 5.91. The Morgan fingerprint density at radius 1 is 1.29 bits per heavy atom. The highest BCUT2D eigenvalue weighted by Gasteiger charge is 2.24. The Morgan fingerprint density at radius 3 is 2.94 bits per heavy atom. The highest BCUT2D eigenvalue weighted by molar-refractivity contribution is 5.65. The minimum atomic E-state index is -0.869. The number of fused-ring (bicyclic) bond motifs is 1. The zero-order valence-electron chi connectivity index (χ0n) is 9.56. The molecule has 1 fully saturated rings. The van der Waals surface area contributed by atoms with E-state index in [1.807, 2.05) is 18.2 Å². The van der Waals surface area contributed by atoms with Crippen molar-refractivity contribution in [1.82, 2.24) is 5.32 Å². The lowest BCUT2D eigenvalue weighted by Gasteiger charge is -2.33. The molecule has 5 heteroatoms. The van der Waals surface area contributed by atoms with Gasteiger partial charge in [0.15, 0.2) is 18.1 Å². The summed E-state index contributed by atoms with van der Waals surface area (Å²) in [6, 6.07) is 5.83. The number of benzene rings is 1. The van der Waals surface area contributed by atoms with Crippen LogP contribution in [-0.4, -0.2) is 44.2 Å². The second kappa shape index (κ2) is 4.43. The van der Waals surface area contributed by atoms with Crippen LogP contribution in [0.3, 0.4) is 0 Å². The molecular weight excluding hydrogens is 220 g/mol. The zero-order valence-corrected chi connectivity index (χ0v) is 9.56. The Bertz CT molecular complexity index is 405. The molecule has 5 nitrogen and oxygen atoms in total. The number of piperazine rings is 1. The van der Waals surface area contributed by atoms with Crippen molar-refractivity contribution < 1.29 is 14.6 Å². The highest BCUT2D eigenvalue weighted by Crippen LogP contribution is 2.40. The fraction of sp³-hybridized carbons (Fsp3) is 0.500. The van der Waals surface area contributed by atoms with Gasteiger partial charge in [0.25, 0.3) is 0 Å². The molecule has 1 aromatic rings. The van der Waals surface area contributed by atoms with Gasteiger partial charge in [-0.05, 0) is 12.1 Å². The van der Waals surface area contributed by atoms with Gasteiger partial charge in [0, 0.05) is 26.2 Å².